The summed E-state index contributed by atoms with van der Waals surface area (Å²) in [5.74, 6) is 0.526. The molecule has 0 saturated carbocycles. The van der Waals surface area contributed by atoms with Crippen LogP contribution in [-0.2, 0) is 17.9 Å². The van der Waals surface area contributed by atoms with Crippen LogP contribution in [0.5, 0.6) is 5.75 Å². The number of ether oxygens (including phenoxy) is 1. The predicted molar refractivity (Wildman–Crippen MR) is 113 cm³/mol. The van der Waals surface area contributed by atoms with E-state index in [4.69, 9.17) is 16.3 Å². The Morgan fingerprint density at radius 1 is 0.929 bits per heavy atom. The van der Waals surface area contributed by atoms with Gasteiger partial charge in [-0.25, -0.2) is 0 Å². The largest absolute Gasteiger partial charge is 0.484 e. The summed E-state index contributed by atoms with van der Waals surface area (Å²) < 4.78 is 5.40. The van der Waals surface area contributed by atoms with Gasteiger partial charge in [0.1, 0.15) is 5.75 Å². The van der Waals surface area contributed by atoms with Gasteiger partial charge in [-0.2, -0.15) is 0 Å². The third-order valence-corrected chi connectivity index (χ3v) is 4.66. The molecule has 0 saturated heterocycles. The monoisotopic (exact) mass is 394 g/mol. The van der Waals surface area contributed by atoms with Gasteiger partial charge < -0.3 is 15.4 Å². The van der Waals surface area contributed by atoms with Crippen molar-refractivity contribution >= 4 is 17.5 Å². The van der Waals surface area contributed by atoms with E-state index >= 15 is 0 Å². The van der Waals surface area contributed by atoms with Crippen molar-refractivity contribution in [3.63, 3.8) is 0 Å². The second-order valence-corrected chi connectivity index (χ2v) is 6.80. The molecule has 0 aliphatic carbocycles. The number of benzene rings is 3. The van der Waals surface area contributed by atoms with E-state index in [9.17, 15) is 4.79 Å². The Kier molecular flexibility index (Phi) is 7.06. The fourth-order valence-corrected chi connectivity index (χ4v) is 3.11. The first-order valence-electron chi connectivity index (χ1n) is 9.12. The lowest BCUT2D eigenvalue weighted by Crippen LogP contribution is -2.24. The number of nitrogens with one attached hydrogen (secondary N) is 2. The summed E-state index contributed by atoms with van der Waals surface area (Å²) in [6, 6.07) is 24.0. The highest BCUT2D eigenvalue weighted by atomic mass is 35.5. The average Bonchev–Trinajstić information content (AvgIpc) is 2.73. The van der Waals surface area contributed by atoms with Crippen LogP contribution in [0.3, 0.4) is 0 Å². The lowest BCUT2D eigenvalue weighted by Gasteiger charge is -2.10. The number of hydrogen-bond acceptors (Lipinski definition) is 3. The maximum absolute atomic E-state index is 11.2. The first-order valence-corrected chi connectivity index (χ1v) is 9.50. The highest BCUT2D eigenvalue weighted by Gasteiger charge is 2.05. The smallest absolute Gasteiger partial charge is 0.257 e. The zero-order valence-corrected chi connectivity index (χ0v) is 16.5. The number of amides is 1. The van der Waals surface area contributed by atoms with E-state index in [2.05, 4.69) is 34.9 Å². The second kappa shape index (κ2) is 9.93. The second-order valence-electron chi connectivity index (χ2n) is 6.39. The maximum atomic E-state index is 11.2. The van der Waals surface area contributed by atoms with Crippen molar-refractivity contribution in [3.05, 3.63) is 88.9 Å². The first kappa shape index (κ1) is 19.9. The molecule has 0 bridgehead atoms. The Bertz CT molecular complexity index is 912. The van der Waals surface area contributed by atoms with Crippen molar-refractivity contribution in [2.24, 2.45) is 0 Å². The van der Waals surface area contributed by atoms with Crippen LogP contribution in [0.1, 0.15) is 11.1 Å². The Morgan fingerprint density at radius 3 is 2.29 bits per heavy atom. The quantitative estimate of drug-likeness (QED) is 0.594. The van der Waals surface area contributed by atoms with Crippen LogP contribution in [0.15, 0.2) is 72.8 Å². The van der Waals surface area contributed by atoms with E-state index < -0.39 is 0 Å². The normalized spacial score (nSPS) is 10.5. The molecule has 4 nitrogen and oxygen atoms in total. The summed E-state index contributed by atoms with van der Waals surface area (Å²) in [6.45, 7) is 1.48. The molecule has 144 valence electrons. The minimum absolute atomic E-state index is 0.0217. The lowest BCUT2D eigenvalue weighted by atomic mass is 10.0. The Balaban J connectivity index is 1.51. The molecule has 0 radical (unpaired) electrons. The van der Waals surface area contributed by atoms with E-state index in [0.717, 1.165) is 40.4 Å². The van der Waals surface area contributed by atoms with Gasteiger partial charge in [-0.05, 0) is 34.9 Å². The number of halogens is 1. The average molecular weight is 395 g/mol. The molecule has 0 atom stereocenters. The Hall–Kier alpha value is -2.82. The van der Waals surface area contributed by atoms with Crippen LogP contribution >= 0.6 is 11.6 Å². The zero-order valence-electron chi connectivity index (χ0n) is 15.7. The van der Waals surface area contributed by atoms with Crippen molar-refractivity contribution in [1.82, 2.24) is 10.6 Å². The van der Waals surface area contributed by atoms with Crippen molar-refractivity contribution in [2.75, 3.05) is 13.7 Å². The van der Waals surface area contributed by atoms with E-state index in [0.29, 0.717) is 5.75 Å². The molecule has 2 N–H and O–H groups in total. The first-order chi connectivity index (χ1) is 13.7. The SMILES string of the molecule is CNC(=O)COc1ccc(CNCc2ccc(-c3ccccc3)c(Cl)c2)cc1. The fourth-order valence-electron chi connectivity index (χ4n) is 2.80. The summed E-state index contributed by atoms with van der Waals surface area (Å²) in [4.78, 5) is 11.2. The Morgan fingerprint density at radius 2 is 1.61 bits per heavy atom. The molecule has 0 unspecified atom stereocenters. The van der Waals surface area contributed by atoms with Crippen LogP contribution in [0.4, 0.5) is 0 Å². The lowest BCUT2D eigenvalue weighted by molar-refractivity contribution is -0.122. The third kappa shape index (κ3) is 5.59. The van der Waals surface area contributed by atoms with Gasteiger partial charge >= 0.3 is 0 Å². The molecule has 0 heterocycles. The van der Waals surface area contributed by atoms with Gasteiger partial charge in [-0.15, -0.1) is 0 Å². The molecule has 0 aromatic heterocycles. The molecule has 1 amide bonds. The molecule has 5 heteroatoms. The van der Waals surface area contributed by atoms with Crippen LogP contribution in [-0.4, -0.2) is 19.6 Å². The van der Waals surface area contributed by atoms with Gasteiger partial charge in [-0.1, -0.05) is 66.2 Å². The van der Waals surface area contributed by atoms with Gasteiger partial charge in [0.2, 0.25) is 0 Å². The summed E-state index contributed by atoms with van der Waals surface area (Å²) in [7, 11) is 1.59. The standard InChI is InChI=1S/C23H23ClN2O2/c1-25-23(27)16-28-20-10-7-17(8-11-20)14-26-15-18-9-12-21(22(24)13-18)19-5-3-2-4-6-19/h2-13,26H,14-16H2,1H3,(H,25,27). The molecular weight excluding hydrogens is 372 g/mol. The number of hydrogen-bond donors (Lipinski definition) is 2. The minimum atomic E-state index is -0.150. The molecular formula is C23H23ClN2O2. The van der Waals surface area contributed by atoms with Gasteiger partial charge in [0.25, 0.3) is 5.91 Å². The van der Waals surface area contributed by atoms with Crippen LogP contribution in [0, 0.1) is 0 Å². The molecule has 3 rings (SSSR count). The highest BCUT2D eigenvalue weighted by molar-refractivity contribution is 6.33. The summed E-state index contributed by atoms with van der Waals surface area (Å²) in [5.41, 5.74) is 4.43. The molecule has 0 fully saturated rings. The van der Waals surface area contributed by atoms with E-state index in [1.165, 1.54) is 0 Å². The van der Waals surface area contributed by atoms with Gasteiger partial charge in [0.05, 0.1) is 0 Å². The highest BCUT2D eigenvalue weighted by Crippen LogP contribution is 2.28. The zero-order chi connectivity index (χ0) is 19.8. The third-order valence-electron chi connectivity index (χ3n) is 4.35. The van der Waals surface area contributed by atoms with Crippen LogP contribution in [0.25, 0.3) is 11.1 Å². The molecule has 0 aliphatic rings. The topological polar surface area (TPSA) is 50.4 Å². The van der Waals surface area contributed by atoms with Crippen molar-refractivity contribution in [3.8, 4) is 16.9 Å². The number of likely N-dealkylation sites (N-methyl/N-ethyl adjacent to an activating group) is 1. The molecule has 3 aromatic rings. The van der Waals surface area contributed by atoms with Gasteiger partial charge in [0, 0.05) is 30.7 Å². The number of carbonyl (C=O) groups excluding carboxylic acids is 1. The molecule has 0 spiro atoms. The summed E-state index contributed by atoms with van der Waals surface area (Å²) in [6.07, 6.45) is 0. The summed E-state index contributed by atoms with van der Waals surface area (Å²) >= 11 is 6.47. The minimum Gasteiger partial charge on any atom is -0.484 e. The van der Waals surface area contributed by atoms with Crippen molar-refractivity contribution in [1.29, 1.82) is 0 Å². The molecule has 28 heavy (non-hydrogen) atoms. The number of rotatable bonds is 8. The van der Waals surface area contributed by atoms with Crippen molar-refractivity contribution in [2.45, 2.75) is 13.1 Å². The summed E-state index contributed by atoms with van der Waals surface area (Å²) in [5, 5.41) is 6.70. The molecule has 0 aliphatic heterocycles. The van der Waals surface area contributed by atoms with Crippen LogP contribution < -0.4 is 15.4 Å². The van der Waals surface area contributed by atoms with E-state index in [-0.39, 0.29) is 12.5 Å². The maximum Gasteiger partial charge on any atom is 0.257 e. The Labute approximate surface area is 170 Å². The van der Waals surface area contributed by atoms with E-state index in [1.54, 1.807) is 7.05 Å². The van der Waals surface area contributed by atoms with E-state index in [1.807, 2.05) is 48.5 Å². The fraction of sp³-hybridized carbons (Fsp3) is 0.174. The predicted octanol–water partition coefficient (Wildman–Crippen LogP) is 4.42. The van der Waals surface area contributed by atoms with Crippen molar-refractivity contribution < 1.29 is 9.53 Å². The number of carbonyl (C=O) groups is 1. The van der Waals surface area contributed by atoms with Gasteiger partial charge in [-0.3, -0.25) is 4.79 Å². The van der Waals surface area contributed by atoms with Gasteiger partial charge in [0.15, 0.2) is 6.61 Å². The molecule has 3 aromatic carbocycles. The van der Waals surface area contributed by atoms with Crippen LogP contribution in [0.2, 0.25) is 5.02 Å².